The predicted molar refractivity (Wildman–Crippen MR) is 116 cm³/mol. The zero-order valence-corrected chi connectivity index (χ0v) is 17.4. The van der Waals surface area contributed by atoms with Crippen molar-refractivity contribution in [2.24, 2.45) is 5.73 Å². The van der Waals surface area contributed by atoms with Crippen LogP contribution in [0.2, 0.25) is 0 Å². The number of likely N-dealkylation sites (tertiary alicyclic amines) is 1. The van der Waals surface area contributed by atoms with Gasteiger partial charge < -0.3 is 15.2 Å². The Morgan fingerprint density at radius 3 is 2.93 bits per heavy atom. The Labute approximate surface area is 172 Å². The smallest absolute Gasteiger partial charge is 0.253 e. The molecule has 1 unspecified atom stereocenters. The van der Waals surface area contributed by atoms with Crippen LogP contribution in [0.3, 0.4) is 0 Å². The number of H-pyrrole nitrogens is 1. The van der Waals surface area contributed by atoms with E-state index in [1.807, 2.05) is 17.0 Å². The van der Waals surface area contributed by atoms with Gasteiger partial charge in [0.25, 0.3) is 5.91 Å². The average Bonchev–Trinajstić information content (AvgIpc) is 3.39. The van der Waals surface area contributed by atoms with Gasteiger partial charge in [0.15, 0.2) is 0 Å². The number of amides is 1. The molecule has 0 bridgehead atoms. The summed E-state index contributed by atoms with van der Waals surface area (Å²) >= 11 is 0. The van der Waals surface area contributed by atoms with Crippen molar-refractivity contribution in [2.45, 2.75) is 51.5 Å². The van der Waals surface area contributed by atoms with Crippen molar-refractivity contribution < 1.29 is 4.79 Å². The molecule has 3 aromatic rings. The Kier molecular flexibility index (Phi) is 5.72. The summed E-state index contributed by atoms with van der Waals surface area (Å²) in [5.41, 5.74) is 9.80. The molecule has 1 fully saturated rings. The molecule has 3 heterocycles. The minimum atomic E-state index is 0.120. The van der Waals surface area contributed by atoms with Gasteiger partial charge in [-0.25, -0.2) is 0 Å². The quantitative estimate of drug-likeness (QED) is 0.667. The second-order valence-corrected chi connectivity index (χ2v) is 8.42. The topological polar surface area (TPSA) is 79.9 Å². The summed E-state index contributed by atoms with van der Waals surface area (Å²) in [6, 6.07) is 10.3. The van der Waals surface area contributed by atoms with Crippen molar-refractivity contribution in [3.63, 3.8) is 0 Å². The van der Waals surface area contributed by atoms with Crippen molar-refractivity contribution >= 4 is 16.8 Å². The molecule has 29 heavy (non-hydrogen) atoms. The second kappa shape index (κ2) is 8.41. The first kappa shape index (κ1) is 19.7. The molecule has 3 N–H and O–H groups in total. The minimum Gasteiger partial charge on any atom is -0.347 e. The van der Waals surface area contributed by atoms with Crippen molar-refractivity contribution in [2.75, 3.05) is 19.6 Å². The van der Waals surface area contributed by atoms with Gasteiger partial charge in [-0.15, -0.1) is 0 Å². The second-order valence-electron chi connectivity index (χ2n) is 8.42. The van der Waals surface area contributed by atoms with Crippen LogP contribution in [0.5, 0.6) is 0 Å². The summed E-state index contributed by atoms with van der Waals surface area (Å²) in [7, 11) is 0. The monoisotopic (exact) mass is 393 g/mol. The number of nitrogens with one attached hydrogen (secondary N) is 1. The molecule has 6 heteroatoms. The van der Waals surface area contributed by atoms with Crippen LogP contribution in [-0.2, 0) is 6.54 Å². The number of benzene rings is 1. The van der Waals surface area contributed by atoms with Crippen molar-refractivity contribution in [3.8, 4) is 0 Å². The molecule has 2 aromatic heterocycles. The summed E-state index contributed by atoms with van der Waals surface area (Å²) in [6.07, 6.45) is 5.14. The largest absolute Gasteiger partial charge is 0.347 e. The third-order valence-electron chi connectivity index (χ3n) is 5.98. The van der Waals surface area contributed by atoms with E-state index >= 15 is 0 Å². The number of aryl methyl sites for hydroxylation is 1. The van der Waals surface area contributed by atoms with Crippen LogP contribution in [0.15, 0.2) is 36.5 Å². The number of nitrogens with two attached hydrogens (primary N) is 1. The summed E-state index contributed by atoms with van der Waals surface area (Å²) < 4.78 is 2.21. The van der Waals surface area contributed by atoms with Gasteiger partial charge in [0.1, 0.15) is 0 Å². The highest BCUT2D eigenvalue weighted by Crippen LogP contribution is 2.28. The lowest BCUT2D eigenvalue weighted by molar-refractivity contribution is 0.0706. The first-order chi connectivity index (χ1) is 14.1. The van der Waals surface area contributed by atoms with E-state index in [2.05, 4.69) is 53.0 Å². The highest BCUT2D eigenvalue weighted by molar-refractivity contribution is 5.98. The minimum absolute atomic E-state index is 0.120. The van der Waals surface area contributed by atoms with Crippen LogP contribution in [0.1, 0.15) is 66.7 Å². The SMILES string of the molecule is CC(C)c1cc(C2CCCN(C(=O)c3ccc4c(ccn4CCCN)c3)C2)[nH]n1. The van der Waals surface area contributed by atoms with Gasteiger partial charge >= 0.3 is 0 Å². The molecule has 0 radical (unpaired) electrons. The highest BCUT2D eigenvalue weighted by Gasteiger charge is 2.27. The molecule has 0 saturated carbocycles. The van der Waals surface area contributed by atoms with E-state index in [4.69, 9.17) is 5.73 Å². The predicted octanol–water partition coefficient (Wildman–Crippen LogP) is 3.86. The maximum Gasteiger partial charge on any atom is 0.253 e. The maximum atomic E-state index is 13.2. The van der Waals surface area contributed by atoms with Crippen LogP contribution < -0.4 is 5.73 Å². The standard InChI is InChI=1S/C23H31N5O/c1-16(2)20-14-21(26-25-20)19-5-3-10-28(15-19)23(29)18-6-7-22-17(13-18)8-12-27(22)11-4-9-24/h6-8,12-14,16,19H,3-5,9-11,15,24H2,1-2H3,(H,25,26). The molecule has 1 aromatic carbocycles. The Hall–Kier alpha value is -2.60. The van der Waals surface area contributed by atoms with Gasteiger partial charge in [0, 0.05) is 53.9 Å². The van der Waals surface area contributed by atoms with Gasteiger partial charge in [-0.1, -0.05) is 13.8 Å². The number of carbonyl (C=O) groups is 1. The number of fused-ring (bicyclic) bond motifs is 1. The number of hydrogen-bond acceptors (Lipinski definition) is 3. The van der Waals surface area contributed by atoms with Crippen LogP contribution >= 0.6 is 0 Å². The zero-order valence-electron chi connectivity index (χ0n) is 17.4. The van der Waals surface area contributed by atoms with E-state index in [1.165, 1.54) is 0 Å². The fraction of sp³-hybridized carbons (Fsp3) is 0.478. The summed E-state index contributed by atoms with van der Waals surface area (Å²) in [6.45, 7) is 7.45. The number of aromatic nitrogens is 3. The number of piperidine rings is 1. The van der Waals surface area contributed by atoms with Gasteiger partial charge in [-0.2, -0.15) is 5.10 Å². The lowest BCUT2D eigenvalue weighted by Crippen LogP contribution is -2.39. The molecular weight excluding hydrogens is 362 g/mol. The lowest BCUT2D eigenvalue weighted by atomic mass is 9.93. The molecule has 1 amide bonds. The number of nitrogens with zero attached hydrogens (tertiary/aromatic N) is 3. The normalized spacial score (nSPS) is 17.4. The summed E-state index contributed by atoms with van der Waals surface area (Å²) in [5, 5.41) is 8.75. The Morgan fingerprint density at radius 2 is 2.17 bits per heavy atom. The lowest BCUT2D eigenvalue weighted by Gasteiger charge is -2.32. The van der Waals surface area contributed by atoms with Crippen molar-refractivity contribution in [1.29, 1.82) is 0 Å². The van der Waals surface area contributed by atoms with E-state index in [-0.39, 0.29) is 5.91 Å². The van der Waals surface area contributed by atoms with Crippen LogP contribution in [0.25, 0.3) is 10.9 Å². The van der Waals surface area contributed by atoms with E-state index in [9.17, 15) is 4.79 Å². The van der Waals surface area contributed by atoms with E-state index in [1.54, 1.807) is 0 Å². The van der Waals surface area contributed by atoms with E-state index in [0.717, 1.165) is 66.8 Å². The summed E-state index contributed by atoms with van der Waals surface area (Å²) in [4.78, 5) is 15.2. The Morgan fingerprint density at radius 1 is 1.31 bits per heavy atom. The van der Waals surface area contributed by atoms with Crippen LogP contribution in [0, 0.1) is 0 Å². The fourth-order valence-corrected chi connectivity index (χ4v) is 4.25. The Bertz CT molecular complexity index is 986. The van der Waals surface area contributed by atoms with Gasteiger partial charge in [0.05, 0.1) is 5.69 Å². The Balaban J connectivity index is 1.49. The van der Waals surface area contributed by atoms with Crippen LogP contribution in [0.4, 0.5) is 0 Å². The molecule has 0 spiro atoms. The molecule has 6 nitrogen and oxygen atoms in total. The highest BCUT2D eigenvalue weighted by atomic mass is 16.2. The summed E-state index contributed by atoms with van der Waals surface area (Å²) in [5.74, 6) is 0.855. The average molecular weight is 394 g/mol. The molecule has 1 aliphatic rings. The molecule has 1 saturated heterocycles. The van der Waals surface area contributed by atoms with E-state index < -0.39 is 0 Å². The first-order valence-corrected chi connectivity index (χ1v) is 10.7. The number of hydrogen-bond donors (Lipinski definition) is 2. The molecule has 0 aliphatic carbocycles. The van der Waals surface area contributed by atoms with Crippen molar-refractivity contribution in [1.82, 2.24) is 19.7 Å². The molecule has 1 atom stereocenters. The molecule has 154 valence electrons. The third-order valence-corrected chi connectivity index (χ3v) is 5.98. The number of rotatable bonds is 6. The zero-order chi connectivity index (χ0) is 20.4. The van der Waals surface area contributed by atoms with Crippen molar-refractivity contribution in [3.05, 3.63) is 53.5 Å². The number of aromatic amines is 1. The van der Waals surface area contributed by atoms with Crippen LogP contribution in [-0.4, -0.2) is 45.2 Å². The van der Waals surface area contributed by atoms with Gasteiger partial charge in [-0.05, 0) is 62.1 Å². The van der Waals surface area contributed by atoms with E-state index in [0.29, 0.717) is 18.4 Å². The maximum absolute atomic E-state index is 13.2. The first-order valence-electron chi connectivity index (χ1n) is 10.7. The van der Waals surface area contributed by atoms with Gasteiger partial charge in [0.2, 0.25) is 0 Å². The van der Waals surface area contributed by atoms with Gasteiger partial charge in [-0.3, -0.25) is 9.89 Å². The fourth-order valence-electron chi connectivity index (χ4n) is 4.25. The molecule has 4 rings (SSSR count). The number of carbonyl (C=O) groups excluding carboxylic acids is 1. The molecule has 1 aliphatic heterocycles. The molecular formula is C23H31N5O. The third kappa shape index (κ3) is 4.08.